The fraction of sp³-hybridized carbons (Fsp3) is 0.346. The summed E-state index contributed by atoms with van der Waals surface area (Å²) < 4.78 is 0. The molecule has 7 heteroatoms. The summed E-state index contributed by atoms with van der Waals surface area (Å²) in [5.74, 6) is -0.667. The maximum Gasteiger partial charge on any atom is 0.270 e. The number of nitrogens with zero attached hydrogens (tertiary/aromatic N) is 2. The van der Waals surface area contributed by atoms with Crippen LogP contribution >= 0.6 is 23.8 Å². The van der Waals surface area contributed by atoms with Crippen molar-refractivity contribution in [3.05, 3.63) is 64.2 Å². The first kappa shape index (κ1) is 23.5. The molecule has 0 saturated carbocycles. The SMILES string of the molecule is CCCN1c2cc(Cl)c(/C=C3/C(=O)NC(=S)N(c4ccccc4)C3=O)cc2C(C)CC1(C)C. The first-order valence-corrected chi connectivity index (χ1v) is 12.0. The molecule has 0 spiro atoms. The number of amides is 2. The van der Waals surface area contributed by atoms with Crippen molar-refractivity contribution >= 4 is 58.2 Å². The Morgan fingerprint density at radius 3 is 2.58 bits per heavy atom. The molecule has 2 amide bonds. The zero-order chi connectivity index (χ0) is 23.9. The van der Waals surface area contributed by atoms with Crippen molar-refractivity contribution in [1.82, 2.24) is 5.32 Å². The summed E-state index contributed by atoms with van der Waals surface area (Å²) in [6.07, 6.45) is 3.62. The second kappa shape index (κ2) is 8.92. The van der Waals surface area contributed by atoms with Gasteiger partial charge < -0.3 is 4.90 Å². The third kappa shape index (κ3) is 4.30. The van der Waals surface area contributed by atoms with E-state index in [9.17, 15) is 9.59 Å². The number of para-hydroxylation sites is 1. The van der Waals surface area contributed by atoms with E-state index in [1.807, 2.05) is 30.3 Å². The Labute approximate surface area is 205 Å². The van der Waals surface area contributed by atoms with E-state index < -0.39 is 11.8 Å². The van der Waals surface area contributed by atoms with Gasteiger partial charge in [0.15, 0.2) is 5.11 Å². The molecular weight excluding hydrogens is 454 g/mol. The average molecular weight is 482 g/mol. The van der Waals surface area contributed by atoms with Gasteiger partial charge >= 0.3 is 0 Å². The standard InChI is InChI=1S/C26H28ClN3O2S/c1-5-11-29-22-14-21(27)17(12-19(22)16(2)15-26(29,3)4)13-20-23(31)28-25(33)30(24(20)32)18-9-7-6-8-10-18/h6-10,12-14,16H,5,11,15H2,1-4H3,(H,28,31,33)/b20-13-. The number of fused-ring (bicyclic) bond motifs is 1. The van der Waals surface area contributed by atoms with Crippen molar-refractivity contribution in [3.63, 3.8) is 0 Å². The molecule has 33 heavy (non-hydrogen) atoms. The summed E-state index contributed by atoms with van der Waals surface area (Å²) in [5.41, 5.74) is 3.58. The van der Waals surface area contributed by atoms with E-state index in [4.69, 9.17) is 23.8 Å². The van der Waals surface area contributed by atoms with Crippen LogP contribution in [0.2, 0.25) is 5.02 Å². The number of hydrogen-bond acceptors (Lipinski definition) is 4. The number of benzene rings is 2. The molecule has 1 unspecified atom stereocenters. The van der Waals surface area contributed by atoms with E-state index in [2.05, 4.69) is 37.9 Å². The molecule has 1 N–H and O–H groups in total. The highest BCUT2D eigenvalue weighted by Crippen LogP contribution is 2.45. The summed E-state index contributed by atoms with van der Waals surface area (Å²) in [5, 5.41) is 3.20. The number of rotatable bonds is 4. The molecule has 2 heterocycles. The molecule has 1 fully saturated rings. The zero-order valence-corrected chi connectivity index (χ0v) is 20.9. The van der Waals surface area contributed by atoms with Crippen LogP contribution in [0.3, 0.4) is 0 Å². The Balaban J connectivity index is 1.78. The van der Waals surface area contributed by atoms with Crippen LogP contribution in [0, 0.1) is 0 Å². The second-order valence-electron chi connectivity index (χ2n) is 9.30. The molecular formula is C26H28ClN3O2S. The van der Waals surface area contributed by atoms with E-state index in [0.717, 1.165) is 25.1 Å². The van der Waals surface area contributed by atoms with Gasteiger partial charge in [-0.25, -0.2) is 0 Å². The van der Waals surface area contributed by atoms with Crippen molar-refractivity contribution in [3.8, 4) is 0 Å². The molecule has 0 radical (unpaired) electrons. The quantitative estimate of drug-likeness (QED) is 0.347. The minimum absolute atomic E-state index is 0.00325. The molecule has 2 aromatic carbocycles. The Bertz CT molecular complexity index is 1160. The summed E-state index contributed by atoms with van der Waals surface area (Å²) in [6, 6.07) is 13.0. The highest BCUT2D eigenvalue weighted by Gasteiger charge is 2.37. The van der Waals surface area contributed by atoms with E-state index in [0.29, 0.717) is 22.2 Å². The number of carbonyl (C=O) groups is 2. The molecule has 2 aliphatic rings. The minimum atomic E-state index is -0.521. The summed E-state index contributed by atoms with van der Waals surface area (Å²) in [7, 11) is 0. The van der Waals surface area contributed by atoms with Gasteiger partial charge in [0.25, 0.3) is 11.8 Å². The van der Waals surface area contributed by atoms with Crippen molar-refractivity contribution < 1.29 is 9.59 Å². The van der Waals surface area contributed by atoms with Crippen LogP contribution in [-0.2, 0) is 9.59 Å². The van der Waals surface area contributed by atoms with Crippen LogP contribution in [-0.4, -0.2) is 29.0 Å². The van der Waals surface area contributed by atoms with Gasteiger partial charge in [-0.1, -0.05) is 43.6 Å². The number of thiocarbonyl (C=S) groups is 1. The van der Waals surface area contributed by atoms with Gasteiger partial charge in [-0.3, -0.25) is 19.8 Å². The molecule has 4 rings (SSSR count). The molecule has 2 aromatic rings. The lowest BCUT2D eigenvalue weighted by atomic mass is 9.79. The third-order valence-corrected chi connectivity index (χ3v) is 6.98. The largest absolute Gasteiger partial charge is 0.366 e. The Kier molecular flexibility index (Phi) is 6.34. The minimum Gasteiger partial charge on any atom is -0.366 e. The summed E-state index contributed by atoms with van der Waals surface area (Å²) in [4.78, 5) is 29.8. The predicted octanol–water partition coefficient (Wildman–Crippen LogP) is 5.67. The van der Waals surface area contributed by atoms with Crippen molar-refractivity contribution in [1.29, 1.82) is 0 Å². The Morgan fingerprint density at radius 2 is 1.91 bits per heavy atom. The number of anilines is 2. The fourth-order valence-electron chi connectivity index (χ4n) is 4.90. The lowest BCUT2D eigenvalue weighted by Gasteiger charge is -2.47. The fourth-order valence-corrected chi connectivity index (χ4v) is 5.40. The number of hydrogen-bond donors (Lipinski definition) is 1. The van der Waals surface area contributed by atoms with Crippen molar-refractivity contribution in [2.24, 2.45) is 0 Å². The van der Waals surface area contributed by atoms with Gasteiger partial charge in [0.05, 0.1) is 5.69 Å². The van der Waals surface area contributed by atoms with Gasteiger partial charge in [-0.2, -0.15) is 0 Å². The smallest absolute Gasteiger partial charge is 0.270 e. The monoisotopic (exact) mass is 481 g/mol. The van der Waals surface area contributed by atoms with Crippen LogP contribution in [0.25, 0.3) is 6.08 Å². The molecule has 0 aromatic heterocycles. The van der Waals surface area contributed by atoms with Gasteiger partial charge in [-0.15, -0.1) is 0 Å². The Morgan fingerprint density at radius 1 is 1.21 bits per heavy atom. The van der Waals surface area contributed by atoms with Crippen LogP contribution in [0.1, 0.15) is 57.6 Å². The first-order chi connectivity index (χ1) is 15.6. The zero-order valence-electron chi connectivity index (χ0n) is 19.3. The normalized spacial score (nSPS) is 21.3. The Hall–Kier alpha value is -2.70. The topological polar surface area (TPSA) is 52.7 Å². The second-order valence-corrected chi connectivity index (χ2v) is 10.1. The van der Waals surface area contributed by atoms with Crippen LogP contribution in [0.5, 0.6) is 0 Å². The number of nitrogens with one attached hydrogen (secondary N) is 1. The molecule has 172 valence electrons. The average Bonchev–Trinajstić information content (AvgIpc) is 2.75. The molecule has 1 saturated heterocycles. The van der Waals surface area contributed by atoms with E-state index in [-0.39, 0.29) is 16.2 Å². The first-order valence-electron chi connectivity index (χ1n) is 11.2. The third-order valence-electron chi connectivity index (χ3n) is 6.37. The van der Waals surface area contributed by atoms with Crippen LogP contribution < -0.4 is 15.1 Å². The summed E-state index contributed by atoms with van der Waals surface area (Å²) >= 11 is 12.0. The van der Waals surface area contributed by atoms with Gasteiger partial charge in [0.2, 0.25) is 0 Å². The molecule has 2 aliphatic heterocycles. The highest BCUT2D eigenvalue weighted by atomic mass is 35.5. The maximum atomic E-state index is 13.3. The van der Waals surface area contributed by atoms with Gasteiger partial charge in [-0.05, 0) is 86.3 Å². The van der Waals surface area contributed by atoms with Crippen molar-refractivity contribution in [2.75, 3.05) is 16.3 Å². The van der Waals surface area contributed by atoms with E-state index in [1.54, 1.807) is 18.2 Å². The molecule has 5 nitrogen and oxygen atoms in total. The molecule has 1 atom stereocenters. The van der Waals surface area contributed by atoms with E-state index >= 15 is 0 Å². The lowest BCUT2D eigenvalue weighted by molar-refractivity contribution is -0.122. The predicted molar refractivity (Wildman–Crippen MR) is 139 cm³/mol. The van der Waals surface area contributed by atoms with Crippen LogP contribution in [0.4, 0.5) is 11.4 Å². The van der Waals surface area contributed by atoms with Crippen LogP contribution in [0.15, 0.2) is 48.0 Å². The number of halogens is 1. The molecule has 0 aliphatic carbocycles. The van der Waals surface area contributed by atoms with Gasteiger partial charge in [0, 0.05) is 22.8 Å². The molecule has 0 bridgehead atoms. The maximum absolute atomic E-state index is 13.3. The number of carbonyl (C=O) groups excluding carboxylic acids is 2. The van der Waals surface area contributed by atoms with Crippen molar-refractivity contribution in [2.45, 2.75) is 52.0 Å². The van der Waals surface area contributed by atoms with E-state index in [1.165, 1.54) is 10.5 Å². The van der Waals surface area contributed by atoms with Gasteiger partial charge in [0.1, 0.15) is 5.57 Å². The summed E-state index contributed by atoms with van der Waals surface area (Å²) in [6.45, 7) is 9.84. The highest BCUT2D eigenvalue weighted by molar-refractivity contribution is 7.80. The lowest BCUT2D eigenvalue weighted by Crippen LogP contribution is -2.54.